The number of carbonyl (C=O) groups excluding carboxylic acids is 1. The van der Waals surface area contributed by atoms with Gasteiger partial charge < -0.3 is 4.90 Å². The number of hydrogen-bond acceptors (Lipinski definition) is 4. The molecule has 0 saturated heterocycles. The van der Waals surface area contributed by atoms with Crippen molar-refractivity contribution in [1.29, 1.82) is 0 Å². The average molecular weight is 349 g/mol. The number of thioether (sulfide) groups is 1. The third-order valence-corrected chi connectivity index (χ3v) is 4.73. The van der Waals surface area contributed by atoms with Crippen molar-refractivity contribution < 1.29 is 4.79 Å². The largest absolute Gasteiger partial charge is 0.378 e. The van der Waals surface area contributed by atoms with Crippen molar-refractivity contribution in [2.24, 2.45) is 9.98 Å². The molecule has 0 N–H and O–H groups in total. The molecule has 0 spiro atoms. The van der Waals surface area contributed by atoms with Gasteiger partial charge in [-0.25, -0.2) is 9.98 Å². The Morgan fingerprint density at radius 2 is 1.80 bits per heavy atom. The molecule has 0 fully saturated rings. The van der Waals surface area contributed by atoms with Crippen LogP contribution in [0.4, 0.5) is 11.4 Å². The number of benzene rings is 2. The minimum Gasteiger partial charge on any atom is -0.378 e. The van der Waals surface area contributed by atoms with Crippen LogP contribution in [0, 0.1) is 6.92 Å². The number of hydrogen-bond donors (Lipinski definition) is 0. The number of amidine groups is 1. The molecular formula is C20H19N3OS. The minimum absolute atomic E-state index is 0.425. The van der Waals surface area contributed by atoms with Crippen LogP contribution in [-0.2, 0) is 4.79 Å². The minimum atomic E-state index is 0.425. The Bertz CT molecular complexity index is 880. The number of anilines is 1. The van der Waals surface area contributed by atoms with Crippen LogP contribution in [0.2, 0.25) is 0 Å². The highest BCUT2D eigenvalue weighted by Crippen LogP contribution is 2.31. The van der Waals surface area contributed by atoms with E-state index >= 15 is 0 Å². The highest BCUT2D eigenvalue weighted by atomic mass is 32.2. The van der Waals surface area contributed by atoms with Gasteiger partial charge in [0.15, 0.2) is 11.5 Å². The maximum Gasteiger partial charge on any atom is 0.193 e. The number of aryl methyl sites for hydroxylation is 1. The zero-order chi connectivity index (χ0) is 17.8. The van der Waals surface area contributed by atoms with Gasteiger partial charge in [0, 0.05) is 24.7 Å². The molecule has 0 atom stereocenters. The Hall–Kier alpha value is -2.66. The maximum atomic E-state index is 11.4. The zero-order valence-electron chi connectivity index (χ0n) is 14.4. The average Bonchev–Trinajstić information content (AvgIpc) is 2.99. The van der Waals surface area contributed by atoms with Crippen LogP contribution in [0.3, 0.4) is 0 Å². The number of aldehydes is 1. The quantitative estimate of drug-likeness (QED) is 0.765. The highest BCUT2D eigenvalue weighted by Gasteiger charge is 2.20. The fourth-order valence-electron chi connectivity index (χ4n) is 2.38. The molecule has 0 amide bonds. The van der Waals surface area contributed by atoms with E-state index in [-0.39, 0.29) is 0 Å². The number of allylic oxidation sites excluding steroid dienone is 1. The van der Waals surface area contributed by atoms with Crippen molar-refractivity contribution in [3.8, 4) is 0 Å². The summed E-state index contributed by atoms with van der Waals surface area (Å²) in [6, 6.07) is 16.0. The summed E-state index contributed by atoms with van der Waals surface area (Å²) in [7, 11) is 4.01. The summed E-state index contributed by atoms with van der Waals surface area (Å²) >= 11 is 1.42. The number of carbonyl (C=O) groups is 1. The molecule has 2 aromatic rings. The molecule has 0 radical (unpaired) electrons. The molecule has 5 heteroatoms. The van der Waals surface area contributed by atoms with Gasteiger partial charge in [-0.3, -0.25) is 4.79 Å². The number of para-hydroxylation sites is 1. The van der Waals surface area contributed by atoms with Gasteiger partial charge in [0.2, 0.25) is 0 Å². The van der Waals surface area contributed by atoms with Gasteiger partial charge in [-0.2, -0.15) is 0 Å². The third-order valence-electron chi connectivity index (χ3n) is 3.82. The molecule has 0 saturated carbocycles. The number of aliphatic imine (C=N–C) groups is 2. The first-order valence-corrected chi connectivity index (χ1v) is 8.74. The Labute approximate surface area is 152 Å². The van der Waals surface area contributed by atoms with Crippen LogP contribution in [0.1, 0.15) is 11.1 Å². The highest BCUT2D eigenvalue weighted by molar-refractivity contribution is 8.18. The van der Waals surface area contributed by atoms with Crippen LogP contribution in [0.15, 0.2) is 63.4 Å². The summed E-state index contributed by atoms with van der Waals surface area (Å²) in [5, 5.41) is 0.590. The van der Waals surface area contributed by atoms with E-state index in [1.54, 1.807) is 0 Å². The molecule has 25 heavy (non-hydrogen) atoms. The van der Waals surface area contributed by atoms with Crippen molar-refractivity contribution in [2.75, 3.05) is 19.0 Å². The van der Waals surface area contributed by atoms with E-state index in [4.69, 9.17) is 0 Å². The Kier molecular flexibility index (Phi) is 5.14. The first kappa shape index (κ1) is 17.2. The van der Waals surface area contributed by atoms with E-state index in [1.165, 1.54) is 11.8 Å². The maximum absolute atomic E-state index is 11.4. The van der Waals surface area contributed by atoms with Crippen molar-refractivity contribution in [2.45, 2.75) is 6.92 Å². The molecule has 0 unspecified atom stereocenters. The Morgan fingerprint density at radius 1 is 1.08 bits per heavy atom. The number of rotatable bonds is 4. The fourth-order valence-corrected chi connectivity index (χ4v) is 3.26. The van der Waals surface area contributed by atoms with Gasteiger partial charge in [-0.05, 0) is 54.1 Å². The summed E-state index contributed by atoms with van der Waals surface area (Å²) in [4.78, 5) is 23.2. The lowest BCUT2D eigenvalue weighted by atomic mass is 10.1. The fraction of sp³-hybridized carbons (Fsp3) is 0.150. The zero-order valence-corrected chi connectivity index (χ0v) is 15.2. The number of nitrogens with zero attached hydrogens (tertiary/aromatic N) is 3. The van der Waals surface area contributed by atoms with Crippen LogP contribution >= 0.6 is 11.8 Å². The molecule has 0 aliphatic carbocycles. The summed E-state index contributed by atoms with van der Waals surface area (Å²) < 4.78 is 0. The van der Waals surface area contributed by atoms with Crippen molar-refractivity contribution in [1.82, 2.24) is 0 Å². The monoisotopic (exact) mass is 349 g/mol. The normalized spacial score (nSPS) is 17.0. The SMILES string of the molecule is Cc1ccccc1N=C1N=C(C=O)C(=Cc2ccc(N(C)C)cc2)S1. The molecule has 126 valence electrons. The molecule has 2 aromatic carbocycles. The van der Waals surface area contributed by atoms with Crippen LogP contribution in [-0.4, -0.2) is 31.3 Å². The summed E-state index contributed by atoms with van der Waals surface area (Å²) in [6.07, 6.45) is 2.76. The topological polar surface area (TPSA) is 45.0 Å². The van der Waals surface area contributed by atoms with Crippen molar-refractivity contribution in [3.63, 3.8) is 0 Å². The lowest BCUT2D eigenvalue weighted by Gasteiger charge is -2.11. The lowest BCUT2D eigenvalue weighted by Crippen LogP contribution is -2.07. The third kappa shape index (κ3) is 4.06. The van der Waals surface area contributed by atoms with Gasteiger partial charge in [0.25, 0.3) is 0 Å². The van der Waals surface area contributed by atoms with Gasteiger partial charge in [0.1, 0.15) is 5.71 Å². The predicted octanol–water partition coefficient (Wildman–Crippen LogP) is 4.48. The van der Waals surface area contributed by atoms with E-state index in [0.717, 1.165) is 33.7 Å². The molecule has 1 heterocycles. The van der Waals surface area contributed by atoms with Crippen molar-refractivity contribution >= 4 is 46.4 Å². The Morgan fingerprint density at radius 3 is 2.44 bits per heavy atom. The van der Waals surface area contributed by atoms with E-state index in [2.05, 4.69) is 9.98 Å². The van der Waals surface area contributed by atoms with Gasteiger partial charge in [0.05, 0.1) is 5.69 Å². The first-order valence-electron chi connectivity index (χ1n) is 7.92. The van der Waals surface area contributed by atoms with Crippen LogP contribution < -0.4 is 4.90 Å². The molecule has 1 aliphatic rings. The van der Waals surface area contributed by atoms with E-state index in [0.29, 0.717) is 10.9 Å². The first-order chi connectivity index (χ1) is 12.1. The molecule has 0 aromatic heterocycles. The molecule has 3 rings (SSSR count). The van der Waals surface area contributed by atoms with Crippen LogP contribution in [0.5, 0.6) is 0 Å². The summed E-state index contributed by atoms with van der Waals surface area (Å²) in [5.41, 5.74) is 4.53. The summed E-state index contributed by atoms with van der Waals surface area (Å²) in [6.45, 7) is 2.01. The Balaban J connectivity index is 1.87. The van der Waals surface area contributed by atoms with Crippen molar-refractivity contribution in [3.05, 3.63) is 64.6 Å². The standard InChI is InChI=1S/C20H19N3OS/c1-14-6-4-5-7-17(14)21-20-22-18(13-24)19(25-20)12-15-8-10-16(11-9-15)23(2)3/h4-13H,1-3H3. The molecule has 0 bridgehead atoms. The van der Waals surface area contributed by atoms with Crippen LogP contribution in [0.25, 0.3) is 6.08 Å². The molecular weight excluding hydrogens is 330 g/mol. The second-order valence-corrected chi connectivity index (χ2v) is 6.90. The molecule has 4 nitrogen and oxygen atoms in total. The lowest BCUT2D eigenvalue weighted by molar-refractivity contribution is -0.102. The van der Waals surface area contributed by atoms with Gasteiger partial charge in [-0.1, -0.05) is 30.3 Å². The second kappa shape index (κ2) is 7.49. The van der Waals surface area contributed by atoms with E-state index in [1.807, 2.05) is 80.5 Å². The van der Waals surface area contributed by atoms with E-state index in [9.17, 15) is 4.79 Å². The molecule has 1 aliphatic heterocycles. The smallest absolute Gasteiger partial charge is 0.193 e. The summed E-state index contributed by atoms with van der Waals surface area (Å²) in [5.74, 6) is 0. The van der Waals surface area contributed by atoms with Gasteiger partial charge in [-0.15, -0.1) is 0 Å². The van der Waals surface area contributed by atoms with E-state index < -0.39 is 0 Å². The predicted molar refractivity (Wildman–Crippen MR) is 108 cm³/mol. The van der Waals surface area contributed by atoms with Gasteiger partial charge >= 0.3 is 0 Å². The second-order valence-electron chi connectivity index (χ2n) is 5.89.